The summed E-state index contributed by atoms with van der Waals surface area (Å²) in [5, 5.41) is 8.52. The molecule has 56 valence electrons. The van der Waals surface area contributed by atoms with E-state index < -0.39 is 0 Å². The van der Waals surface area contributed by atoms with Gasteiger partial charge in [-0.25, -0.2) is 0 Å². The summed E-state index contributed by atoms with van der Waals surface area (Å²) in [5.74, 6) is 0. The summed E-state index contributed by atoms with van der Waals surface area (Å²) in [5.41, 5.74) is 5.83. The van der Waals surface area contributed by atoms with Crippen LogP contribution in [0.15, 0.2) is 0 Å². The molecule has 2 heteroatoms. The third-order valence-electron chi connectivity index (χ3n) is 1.55. The molecule has 3 N–H and O–H groups in total. The highest BCUT2D eigenvalue weighted by atomic mass is 16.3. The Morgan fingerprint density at radius 1 is 1.44 bits per heavy atom. The maximum atomic E-state index is 8.52. The second-order valence-corrected chi connectivity index (χ2v) is 3.48. The van der Waals surface area contributed by atoms with E-state index in [1.807, 2.05) is 0 Å². The standard InChI is InChI=1S/C7H17NO/c1-7(2,3)6(8)4-5-9/h6,9H,4-5,8H2,1-3H3/t6-/m0/s1. The molecule has 0 aromatic rings. The van der Waals surface area contributed by atoms with Crippen molar-refractivity contribution in [3.63, 3.8) is 0 Å². The molecule has 0 fully saturated rings. The Balaban J connectivity index is 3.59. The number of hydrogen-bond acceptors (Lipinski definition) is 2. The monoisotopic (exact) mass is 131 g/mol. The van der Waals surface area contributed by atoms with Crippen LogP contribution in [0.4, 0.5) is 0 Å². The normalized spacial score (nSPS) is 15.7. The summed E-state index contributed by atoms with van der Waals surface area (Å²) < 4.78 is 0. The first kappa shape index (κ1) is 8.92. The smallest absolute Gasteiger partial charge is 0.0445 e. The van der Waals surface area contributed by atoms with E-state index in [1.165, 1.54) is 0 Å². The van der Waals surface area contributed by atoms with Gasteiger partial charge in [0.15, 0.2) is 0 Å². The molecule has 0 rings (SSSR count). The zero-order valence-corrected chi connectivity index (χ0v) is 6.52. The Hall–Kier alpha value is -0.0800. The number of hydrogen-bond donors (Lipinski definition) is 2. The first-order valence-electron chi connectivity index (χ1n) is 3.35. The molecule has 0 saturated heterocycles. The van der Waals surface area contributed by atoms with Gasteiger partial charge in [-0.1, -0.05) is 20.8 Å². The van der Waals surface area contributed by atoms with Gasteiger partial charge in [-0.3, -0.25) is 0 Å². The van der Waals surface area contributed by atoms with E-state index in [-0.39, 0.29) is 18.1 Å². The molecule has 1 atom stereocenters. The number of aliphatic hydroxyl groups excluding tert-OH is 1. The van der Waals surface area contributed by atoms with Gasteiger partial charge in [0.1, 0.15) is 0 Å². The zero-order valence-electron chi connectivity index (χ0n) is 6.52. The highest BCUT2D eigenvalue weighted by Gasteiger charge is 2.19. The molecule has 9 heavy (non-hydrogen) atoms. The summed E-state index contributed by atoms with van der Waals surface area (Å²) in [4.78, 5) is 0. The molecule has 0 unspecified atom stereocenters. The molecular weight excluding hydrogens is 114 g/mol. The third kappa shape index (κ3) is 3.49. The fraction of sp³-hybridized carbons (Fsp3) is 1.00. The topological polar surface area (TPSA) is 46.2 Å². The summed E-state index contributed by atoms with van der Waals surface area (Å²) >= 11 is 0. The van der Waals surface area contributed by atoms with Gasteiger partial charge in [0.05, 0.1) is 0 Å². The fourth-order valence-electron chi connectivity index (χ4n) is 0.572. The van der Waals surface area contributed by atoms with Crippen molar-refractivity contribution in [3.05, 3.63) is 0 Å². The summed E-state index contributed by atoms with van der Waals surface area (Å²) in [6.07, 6.45) is 0.698. The highest BCUT2D eigenvalue weighted by Crippen LogP contribution is 2.18. The molecule has 0 aromatic carbocycles. The molecule has 2 nitrogen and oxygen atoms in total. The van der Waals surface area contributed by atoms with Crippen LogP contribution in [0.5, 0.6) is 0 Å². The van der Waals surface area contributed by atoms with E-state index in [2.05, 4.69) is 20.8 Å². The largest absolute Gasteiger partial charge is 0.396 e. The van der Waals surface area contributed by atoms with Gasteiger partial charge in [-0.15, -0.1) is 0 Å². The van der Waals surface area contributed by atoms with Gasteiger partial charge in [0, 0.05) is 12.6 Å². The minimum absolute atomic E-state index is 0.113. The van der Waals surface area contributed by atoms with E-state index >= 15 is 0 Å². The Kier molecular flexibility index (Phi) is 3.15. The second kappa shape index (κ2) is 3.18. The zero-order chi connectivity index (χ0) is 7.49. The van der Waals surface area contributed by atoms with Crippen LogP contribution in [0.3, 0.4) is 0 Å². The lowest BCUT2D eigenvalue weighted by Crippen LogP contribution is -2.35. The Labute approximate surface area is 57.1 Å². The maximum absolute atomic E-state index is 8.52. The third-order valence-corrected chi connectivity index (χ3v) is 1.55. The van der Waals surface area contributed by atoms with Gasteiger partial charge in [0.2, 0.25) is 0 Å². The second-order valence-electron chi connectivity index (χ2n) is 3.48. The van der Waals surface area contributed by atoms with Gasteiger partial charge in [-0.2, -0.15) is 0 Å². The van der Waals surface area contributed by atoms with E-state index in [9.17, 15) is 0 Å². The molecule has 0 spiro atoms. The van der Waals surface area contributed by atoms with Crippen molar-refractivity contribution in [1.82, 2.24) is 0 Å². The predicted molar refractivity (Wildman–Crippen MR) is 39.1 cm³/mol. The highest BCUT2D eigenvalue weighted by molar-refractivity contribution is 4.75. The molecule has 0 aliphatic carbocycles. The predicted octanol–water partition coefficient (Wildman–Crippen LogP) is 0.742. The van der Waals surface area contributed by atoms with Crippen LogP contribution in [0.1, 0.15) is 27.2 Å². The van der Waals surface area contributed by atoms with Gasteiger partial charge in [0.25, 0.3) is 0 Å². The van der Waals surface area contributed by atoms with Gasteiger partial charge < -0.3 is 10.8 Å². The van der Waals surface area contributed by atoms with E-state index in [4.69, 9.17) is 10.8 Å². The van der Waals surface area contributed by atoms with Crippen molar-refractivity contribution in [2.24, 2.45) is 11.1 Å². The van der Waals surface area contributed by atoms with Crippen LogP contribution < -0.4 is 5.73 Å². The number of aliphatic hydroxyl groups is 1. The lowest BCUT2D eigenvalue weighted by Gasteiger charge is -2.26. The summed E-state index contributed by atoms with van der Waals surface area (Å²) in [6, 6.07) is 0.113. The van der Waals surface area contributed by atoms with Crippen molar-refractivity contribution >= 4 is 0 Å². The van der Waals surface area contributed by atoms with Crippen LogP contribution in [-0.2, 0) is 0 Å². The Morgan fingerprint density at radius 3 is 2.00 bits per heavy atom. The fourth-order valence-corrected chi connectivity index (χ4v) is 0.572. The van der Waals surface area contributed by atoms with Crippen LogP contribution in [0.2, 0.25) is 0 Å². The van der Waals surface area contributed by atoms with Crippen LogP contribution in [0, 0.1) is 5.41 Å². The van der Waals surface area contributed by atoms with Crippen molar-refractivity contribution in [3.8, 4) is 0 Å². The molecule has 0 bridgehead atoms. The van der Waals surface area contributed by atoms with Crippen LogP contribution in [0.25, 0.3) is 0 Å². The summed E-state index contributed by atoms with van der Waals surface area (Å²) in [6.45, 7) is 6.42. The first-order valence-corrected chi connectivity index (χ1v) is 3.35. The van der Waals surface area contributed by atoms with Crippen molar-refractivity contribution < 1.29 is 5.11 Å². The number of nitrogens with two attached hydrogens (primary N) is 1. The van der Waals surface area contributed by atoms with Crippen LogP contribution in [-0.4, -0.2) is 17.8 Å². The lowest BCUT2D eigenvalue weighted by atomic mass is 9.86. The average molecular weight is 131 g/mol. The molecule has 0 aromatic heterocycles. The molecule has 0 aliphatic rings. The lowest BCUT2D eigenvalue weighted by molar-refractivity contribution is 0.225. The minimum Gasteiger partial charge on any atom is -0.396 e. The van der Waals surface area contributed by atoms with Gasteiger partial charge >= 0.3 is 0 Å². The minimum atomic E-state index is 0.113. The molecule has 0 aliphatic heterocycles. The van der Waals surface area contributed by atoms with Gasteiger partial charge in [-0.05, 0) is 11.8 Å². The van der Waals surface area contributed by atoms with Crippen molar-refractivity contribution in [1.29, 1.82) is 0 Å². The maximum Gasteiger partial charge on any atom is 0.0445 e. The molecule has 0 heterocycles. The average Bonchev–Trinajstić information content (AvgIpc) is 1.64. The molecule has 0 radical (unpaired) electrons. The van der Waals surface area contributed by atoms with E-state index in [0.717, 1.165) is 0 Å². The van der Waals surface area contributed by atoms with Crippen LogP contribution >= 0.6 is 0 Å². The van der Waals surface area contributed by atoms with E-state index in [1.54, 1.807) is 0 Å². The van der Waals surface area contributed by atoms with Crippen molar-refractivity contribution in [2.75, 3.05) is 6.61 Å². The first-order chi connectivity index (χ1) is 3.98. The number of rotatable bonds is 2. The quantitative estimate of drug-likeness (QED) is 0.580. The van der Waals surface area contributed by atoms with E-state index in [0.29, 0.717) is 6.42 Å². The molecular formula is C7H17NO. The molecule has 0 saturated carbocycles. The Bertz CT molecular complexity index is 75.5. The molecule has 0 amide bonds. The SMILES string of the molecule is CC(C)(C)[C@@H](N)CCO. The summed E-state index contributed by atoms with van der Waals surface area (Å²) in [7, 11) is 0. The van der Waals surface area contributed by atoms with Crippen molar-refractivity contribution in [2.45, 2.75) is 33.2 Å². The Morgan fingerprint density at radius 2 is 1.89 bits per heavy atom.